The van der Waals surface area contributed by atoms with Crippen LogP contribution in [0.5, 0.6) is 0 Å². The van der Waals surface area contributed by atoms with Crippen LogP contribution in [0, 0.1) is 0 Å². The standard InChI is InChI=1S/C4H10N2O2/c5-4(8)3-6-1-2-7/h6-7H,1-3H2,(H2,5,8). The summed E-state index contributed by atoms with van der Waals surface area (Å²) in [7, 11) is 0. The number of hydrogen-bond donors (Lipinski definition) is 3. The summed E-state index contributed by atoms with van der Waals surface area (Å²) < 4.78 is 0. The summed E-state index contributed by atoms with van der Waals surface area (Å²) in [5, 5.41) is 10.8. The molecule has 0 saturated carbocycles. The van der Waals surface area contributed by atoms with Gasteiger partial charge in [0.1, 0.15) is 0 Å². The highest BCUT2D eigenvalue weighted by Gasteiger charge is 1.88. The molecule has 0 aliphatic heterocycles. The van der Waals surface area contributed by atoms with Gasteiger partial charge in [0.25, 0.3) is 0 Å². The second kappa shape index (κ2) is 4.55. The van der Waals surface area contributed by atoms with Crippen LogP contribution >= 0.6 is 0 Å². The van der Waals surface area contributed by atoms with Crippen molar-refractivity contribution in [3.63, 3.8) is 0 Å². The maximum atomic E-state index is 9.95. The molecule has 4 nitrogen and oxygen atoms in total. The minimum atomic E-state index is -0.404. The molecule has 0 fully saturated rings. The number of nitrogens with one attached hydrogen (secondary N) is 1. The Balaban J connectivity index is 2.82. The molecule has 8 heavy (non-hydrogen) atoms. The van der Waals surface area contributed by atoms with Gasteiger partial charge in [-0.1, -0.05) is 0 Å². The van der Waals surface area contributed by atoms with E-state index in [1.54, 1.807) is 0 Å². The van der Waals surface area contributed by atoms with Crippen LogP contribution in [0.25, 0.3) is 0 Å². The fourth-order valence-corrected chi connectivity index (χ4v) is 0.291. The van der Waals surface area contributed by atoms with Crippen LogP contribution < -0.4 is 11.1 Å². The maximum absolute atomic E-state index is 9.95. The van der Waals surface area contributed by atoms with Gasteiger partial charge in [-0.2, -0.15) is 0 Å². The van der Waals surface area contributed by atoms with E-state index in [1.807, 2.05) is 0 Å². The van der Waals surface area contributed by atoms with Crippen molar-refractivity contribution >= 4 is 5.91 Å². The molecule has 0 aliphatic carbocycles. The molecule has 0 rings (SSSR count). The van der Waals surface area contributed by atoms with E-state index in [4.69, 9.17) is 10.8 Å². The number of rotatable bonds is 4. The minimum Gasteiger partial charge on any atom is -0.395 e. The molecule has 0 aliphatic rings. The van der Waals surface area contributed by atoms with E-state index >= 15 is 0 Å². The van der Waals surface area contributed by atoms with E-state index in [0.29, 0.717) is 6.54 Å². The van der Waals surface area contributed by atoms with Crippen molar-refractivity contribution in [2.24, 2.45) is 5.73 Å². The fourth-order valence-electron chi connectivity index (χ4n) is 0.291. The molecule has 0 atom stereocenters. The number of nitrogens with two attached hydrogens (primary N) is 1. The highest BCUT2D eigenvalue weighted by atomic mass is 16.3. The molecule has 0 unspecified atom stereocenters. The Labute approximate surface area is 47.7 Å². The number of primary amides is 1. The van der Waals surface area contributed by atoms with Gasteiger partial charge in [-0.15, -0.1) is 0 Å². The lowest BCUT2D eigenvalue weighted by Crippen LogP contribution is -2.30. The molecule has 0 aromatic rings. The number of amides is 1. The first-order valence-electron chi connectivity index (χ1n) is 2.37. The van der Waals surface area contributed by atoms with Crippen molar-refractivity contribution in [2.45, 2.75) is 0 Å². The third-order valence-electron chi connectivity index (χ3n) is 0.588. The zero-order valence-electron chi connectivity index (χ0n) is 4.55. The van der Waals surface area contributed by atoms with Crippen LogP contribution in [0.15, 0.2) is 0 Å². The lowest BCUT2D eigenvalue weighted by molar-refractivity contribution is -0.117. The molecule has 0 radical (unpaired) electrons. The molecular formula is C4H10N2O2. The summed E-state index contributed by atoms with van der Waals surface area (Å²) in [6.07, 6.45) is 0. The van der Waals surface area contributed by atoms with Crippen LogP contribution in [0.1, 0.15) is 0 Å². The van der Waals surface area contributed by atoms with Gasteiger partial charge in [-0.3, -0.25) is 4.79 Å². The van der Waals surface area contributed by atoms with E-state index in [0.717, 1.165) is 0 Å². The monoisotopic (exact) mass is 118 g/mol. The van der Waals surface area contributed by atoms with Crippen LogP contribution in [0.3, 0.4) is 0 Å². The molecule has 4 heteroatoms. The van der Waals surface area contributed by atoms with Crippen molar-refractivity contribution in [3.05, 3.63) is 0 Å². The smallest absolute Gasteiger partial charge is 0.231 e. The van der Waals surface area contributed by atoms with E-state index in [1.165, 1.54) is 0 Å². The third-order valence-corrected chi connectivity index (χ3v) is 0.588. The summed E-state index contributed by atoms with van der Waals surface area (Å²) in [6, 6.07) is 0. The van der Waals surface area contributed by atoms with Crippen LogP contribution in [0.4, 0.5) is 0 Å². The Morgan fingerprint density at radius 1 is 1.75 bits per heavy atom. The zero-order valence-corrected chi connectivity index (χ0v) is 4.55. The molecule has 0 spiro atoms. The van der Waals surface area contributed by atoms with Crippen molar-refractivity contribution in [3.8, 4) is 0 Å². The molecule has 0 bridgehead atoms. The number of aliphatic hydroxyl groups excluding tert-OH is 1. The Bertz CT molecular complexity index is 74.4. The summed E-state index contributed by atoms with van der Waals surface area (Å²) >= 11 is 0. The molecule has 0 aromatic carbocycles. The second-order valence-electron chi connectivity index (χ2n) is 1.37. The molecule has 0 aromatic heterocycles. The number of carbonyl (C=O) groups is 1. The van der Waals surface area contributed by atoms with Gasteiger partial charge in [0.2, 0.25) is 5.91 Å². The van der Waals surface area contributed by atoms with Crippen molar-refractivity contribution in [1.29, 1.82) is 0 Å². The van der Waals surface area contributed by atoms with E-state index < -0.39 is 5.91 Å². The van der Waals surface area contributed by atoms with Crippen molar-refractivity contribution < 1.29 is 9.90 Å². The normalized spacial score (nSPS) is 9.12. The summed E-state index contributed by atoms with van der Waals surface area (Å²) in [5.74, 6) is -0.404. The average Bonchev–Trinajstić information content (AvgIpc) is 1.66. The molecular weight excluding hydrogens is 108 g/mol. The van der Waals surface area contributed by atoms with Gasteiger partial charge in [-0.05, 0) is 0 Å². The van der Waals surface area contributed by atoms with Gasteiger partial charge >= 0.3 is 0 Å². The first kappa shape index (κ1) is 7.39. The summed E-state index contributed by atoms with van der Waals surface area (Å²) in [4.78, 5) is 9.95. The fraction of sp³-hybridized carbons (Fsp3) is 0.750. The van der Waals surface area contributed by atoms with Crippen LogP contribution in [-0.4, -0.2) is 30.7 Å². The Kier molecular flexibility index (Phi) is 4.20. The minimum absolute atomic E-state index is 0.0350. The first-order chi connectivity index (χ1) is 3.77. The van der Waals surface area contributed by atoms with Gasteiger partial charge in [0, 0.05) is 6.54 Å². The number of aliphatic hydroxyl groups is 1. The zero-order chi connectivity index (χ0) is 6.41. The highest BCUT2D eigenvalue weighted by Crippen LogP contribution is 1.55. The SMILES string of the molecule is NC(=O)CNCCO. The van der Waals surface area contributed by atoms with Crippen LogP contribution in [-0.2, 0) is 4.79 Å². The topological polar surface area (TPSA) is 75.4 Å². The molecule has 4 N–H and O–H groups in total. The molecule has 0 saturated heterocycles. The lowest BCUT2D eigenvalue weighted by atomic mass is 10.6. The molecule has 1 amide bonds. The van der Waals surface area contributed by atoms with Gasteiger partial charge in [-0.25, -0.2) is 0 Å². The van der Waals surface area contributed by atoms with Gasteiger partial charge in [0.05, 0.1) is 13.2 Å². The largest absolute Gasteiger partial charge is 0.395 e. The number of carbonyl (C=O) groups excluding carboxylic acids is 1. The Morgan fingerprint density at radius 2 is 2.38 bits per heavy atom. The second-order valence-corrected chi connectivity index (χ2v) is 1.37. The Morgan fingerprint density at radius 3 is 2.75 bits per heavy atom. The van der Waals surface area contributed by atoms with E-state index in [9.17, 15) is 4.79 Å². The van der Waals surface area contributed by atoms with Gasteiger partial charge in [0.15, 0.2) is 0 Å². The summed E-state index contributed by atoms with van der Waals surface area (Å²) in [5.41, 5.74) is 4.75. The number of hydrogen-bond acceptors (Lipinski definition) is 3. The third kappa shape index (κ3) is 5.39. The maximum Gasteiger partial charge on any atom is 0.231 e. The van der Waals surface area contributed by atoms with Crippen molar-refractivity contribution in [2.75, 3.05) is 19.7 Å². The predicted molar refractivity (Wildman–Crippen MR) is 29.1 cm³/mol. The van der Waals surface area contributed by atoms with Crippen LogP contribution in [0.2, 0.25) is 0 Å². The lowest BCUT2D eigenvalue weighted by Gasteiger charge is -1.94. The quantitative estimate of drug-likeness (QED) is 0.376. The highest BCUT2D eigenvalue weighted by molar-refractivity contribution is 5.75. The Hall–Kier alpha value is -0.610. The van der Waals surface area contributed by atoms with Crippen molar-refractivity contribution in [1.82, 2.24) is 5.32 Å². The van der Waals surface area contributed by atoms with E-state index in [2.05, 4.69) is 5.32 Å². The predicted octanol–water partition coefficient (Wildman–Crippen LogP) is -1.95. The van der Waals surface area contributed by atoms with Gasteiger partial charge < -0.3 is 16.2 Å². The summed E-state index contributed by atoms with van der Waals surface area (Å²) in [6.45, 7) is 0.594. The molecule has 48 valence electrons. The van der Waals surface area contributed by atoms with E-state index in [-0.39, 0.29) is 13.2 Å². The average molecular weight is 118 g/mol. The molecule has 0 heterocycles. The first-order valence-corrected chi connectivity index (χ1v) is 2.37.